The van der Waals surface area contributed by atoms with Crippen molar-refractivity contribution in [3.05, 3.63) is 23.2 Å². The number of nitrogens with zero attached hydrogens (tertiary/aromatic N) is 2. The molecule has 1 unspecified atom stereocenters. The number of halogens is 1. The van der Waals surface area contributed by atoms with Gasteiger partial charge in [-0.3, -0.25) is 4.57 Å². The van der Waals surface area contributed by atoms with Crippen LogP contribution < -0.4 is 5.73 Å². The summed E-state index contributed by atoms with van der Waals surface area (Å²) in [5, 5.41) is 0.577. The van der Waals surface area contributed by atoms with E-state index in [0.717, 1.165) is 5.52 Å². The van der Waals surface area contributed by atoms with Gasteiger partial charge in [0.1, 0.15) is 6.04 Å². The van der Waals surface area contributed by atoms with Crippen LogP contribution in [0.25, 0.3) is 11.0 Å². The molecule has 0 aliphatic carbocycles. The van der Waals surface area contributed by atoms with Crippen LogP contribution in [0.5, 0.6) is 0 Å². The van der Waals surface area contributed by atoms with Gasteiger partial charge in [-0.1, -0.05) is 11.6 Å². The molecule has 90 valence electrons. The Bertz CT molecular complexity index is 579. The second-order valence-electron chi connectivity index (χ2n) is 3.67. The molecule has 0 aliphatic rings. The lowest BCUT2D eigenvalue weighted by atomic mass is 10.3. The molecule has 5 nitrogen and oxygen atoms in total. The summed E-state index contributed by atoms with van der Waals surface area (Å²) in [5.41, 5.74) is 7.21. The fourth-order valence-electron chi connectivity index (χ4n) is 1.77. The first-order valence-corrected chi connectivity index (χ1v) is 5.43. The van der Waals surface area contributed by atoms with E-state index in [-0.39, 0.29) is 11.9 Å². The highest BCUT2D eigenvalue weighted by Gasteiger charge is 2.20. The molecule has 0 radical (unpaired) electrons. The predicted octanol–water partition coefficient (Wildman–Crippen LogP) is 2.01. The molecule has 6 heteroatoms. The fourth-order valence-corrected chi connectivity index (χ4v) is 1.94. The van der Waals surface area contributed by atoms with Crippen LogP contribution in [0, 0.1) is 0 Å². The van der Waals surface area contributed by atoms with E-state index in [9.17, 15) is 4.79 Å². The van der Waals surface area contributed by atoms with Gasteiger partial charge in [0.05, 0.1) is 18.1 Å². The summed E-state index contributed by atoms with van der Waals surface area (Å²) in [5.74, 6) is -0.105. The molecule has 1 aromatic heterocycles. The van der Waals surface area contributed by atoms with Gasteiger partial charge in [0.25, 0.3) is 0 Å². The summed E-state index contributed by atoms with van der Waals surface area (Å²) in [6, 6.07) is 4.69. The standard InChI is InChI=1S/C11H12ClN3O2/c1-6(10(16)17-2)15-9-4-3-7(12)5-8(9)14-11(15)13/h3-6H,1-2H3,(H2,13,14). The maximum absolute atomic E-state index is 11.5. The number of hydrogen-bond donors (Lipinski definition) is 1. The molecule has 1 heterocycles. The first kappa shape index (κ1) is 11.7. The molecular formula is C11H12ClN3O2. The van der Waals surface area contributed by atoms with Crippen molar-refractivity contribution in [1.82, 2.24) is 9.55 Å². The molecule has 0 spiro atoms. The molecule has 2 N–H and O–H groups in total. The molecular weight excluding hydrogens is 242 g/mol. The van der Waals surface area contributed by atoms with Crippen LogP contribution in [-0.2, 0) is 9.53 Å². The predicted molar refractivity (Wildman–Crippen MR) is 65.9 cm³/mol. The summed E-state index contributed by atoms with van der Waals surface area (Å²) in [4.78, 5) is 15.7. The minimum absolute atomic E-state index is 0.264. The second-order valence-corrected chi connectivity index (χ2v) is 4.11. The summed E-state index contributed by atoms with van der Waals surface area (Å²) in [6.45, 7) is 1.71. The zero-order valence-corrected chi connectivity index (χ0v) is 10.2. The minimum Gasteiger partial charge on any atom is -0.467 e. The number of methoxy groups -OCH3 is 1. The third kappa shape index (κ3) is 1.93. The maximum Gasteiger partial charge on any atom is 0.328 e. The van der Waals surface area contributed by atoms with Crippen LogP contribution in [0.2, 0.25) is 5.02 Å². The molecule has 1 atom stereocenters. The third-order valence-corrected chi connectivity index (χ3v) is 2.84. The number of hydrogen-bond acceptors (Lipinski definition) is 4. The quantitative estimate of drug-likeness (QED) is 0.831. The van der Waals surface area contributed by atoms with Crippen LogP contribution in [-0.4, -0.2) is 22.6 Å². The zero-order valence-electron chi connectivity index (χ0n) is 9.48. The number of rotatable bonds is 2. The molecule has 0 amide bonds. The number of nitrogens with two attached hydrogens (primary N) is 1. The SMILES string of the molecule is COC(=O)C(C)n1c(N)nc2cc(Cl)ccc21. The van der Waals surface area contributed by atoms with Gasteiger partial charge in [0.15, 0.2) is 0 Å². The molecule has 0 saturated heterocycles. The minimum atomic E-state index is -0.522. The zero-order chi connectivity index (χ0) is 12.6. The fraction of sp³-hybridized carbons (Fsp3) is 0.273. The van der Waals surface area contributed by atoms with Crippen LogP contribution in [0.15, 0.2) is 18.2 Å². The van der Waals surface area contributed by atoms with E-state index < -0.39 is 6.04 Å². The smallest absolute Gasteiger partial charge is 0.328 e. The Kier molecular flexibility index (Phi) is 2.93. The Hall–Kier alpha value is -1.75. The number of ether oxygens (including phenoxy) is 1. The average Bonchev–Trinajstić information content (AvgIpc) is 2.62. The van der Waals surface area contributed by atoms with Crippen molar-refractivity contribution in [1.29, 1.82) is 0 Å². The van der Waals surface area contributed by atoms with E-state index in [1.807, 2.05) is 0 Å². The van der Waals surface area contributed by atoms with Crippen molar-refractivity contribution in [2.24, 2.45) is 0 Å². The number of benzene rings is 1. The Morgan fingerprint density at radius 1 is 1.59 bits per heavy atom. The number of fused-ring (bicyclic) bond motifs is 1. The molecule has 17 heavy (non-hydrogen) atoms. The number of anilines is 1. The van der Waals surface area contributed by atoms with E-state index in [4.69, 9.17) is 22.1 Å². The van der Waals surface area contributed by atoms with Crippen LogP contribution >= 0.6 is 11.6 Å². The van der Waals surface area contributed by atoms with Gasteiger partial charge in [-0.2, -0.15) is 0 Å². The lowest BCUT2D eigenvalue weighted by Gasteiger charge is -2.13. The maximum atomic E-state index is 11.5. The number of imidazole rings is 1. The van der Waals surface area contributed by atoms with E-state index >= 15 is 0 Å². The van der Waals surface area contributed by atoms with E-state index in [0.29, 0.717) is 10.5 Å². The molecule has 0 saturated carbocycles. The van der Waals surface area contributed by atoms with Crippen LogP contribution in [0.3, 0.4) is 0 Å². The van der Waals surface area contributed by atoms with Crippen LogP contribution in [0.1, 0.15) is 13.0 Å². The summed E-state index contributed by atoms with van der Waals surface area (Å²) >= 11 is 5.87. The third-order valence-electron chi connectivity index (χ3n) is 2.61. The number of esters is 1. The molecule has 0 fully saturated rings. The van der Waals surface area contributed by atoms with Gasteiger partial charge >= 0.3 is 5.97 Å². The first-order valence-electron chi connectivity index (χ1n) is 5.05. The molecule has 2 aromatic rings. The largest absolute Gasteiger partial charge is 0.467 e. The molecule has 0 bridgehead atoms. The first-order chi connectivity index (χ1) is 8.04. The Morgan fingerprint density at radius 3 is 2.94 bits per heavy atom. The highest BCUT2D eigenvalue weighted by molar-refractivity contribution is 6.31. The summed E-state index contributed by atoms with van der Waals surface area (Å²) < 4.78 is 6.32. The number of carbonyl (C=O) groups is 1. The highest BCUT2D eigenvalue weighted by atomic mass is 35.5. The van der Waals surface area contributed by atoms with Crippen LogP contribution in [0.4, 0.5) is 5.95 Å². The monoisotopic (exact) mass is 253 g/mol. The van der Waals surface area contributed by atoms with Gasteiger partial charge in [-0.15, -0.1) is 0 Å². The lowest BCUT2D eigenvalue weighted by Crippen LogP contribution is -2.19. The Morgan fingerprint density at radius 2 is 2.29 bits per heavy atom. The molecule has 1 aromatic carbocycles. The van der Waals surface area contributed by atoms with Crippen molar-refractivity contribution in [2.45, 2.75) is 13.0 Å². The summed E-state index contributed by atoms with van der Waals surface area (Å²) in [7, 11) is 1.34. The van der Waals surface area contributed by atoms with Crippen molar-refractivity contribution >= 4 is 34.6 Å². The van der Waals surface area contributed by atoms with Gasteiger partial charge in [0.2, 0.25) is 5.95 Å². The Labute approximate surface area is 103 Å². The van der Waals surface area contributed by atoms with Gasteiger partial charge in [-0.25, -0.2) is 9.78 Å². The van der Waals surface area contributed by atoms with E-state index in [1.165, 1.54) is 7.11 Å². The van der Waals surface area contributed by atoms with Crippen molar-refractivity contribution in [3.63, 3.8) is 0 Å². The molecule has 0 aliphatic heterocycles. The van der Waals surface area contributed by atoms with Gasteiger partial charge < -0.3 is 10.5 Å². The summed E-state index contributed by atoms with van der Waals surface area (Å²) in [6.07, 6.45) is 0. The van der Waals surface area contributed by atoms with E-state index in [2.05, 4.69) is 4.98 Å². The number of aromatic nitrogens is 2. The molecule has 2 rings (SSSR count). The van der Waals surface area contributed by atoms with Crippen molar-refractivity contribution < 1.29 is 9.53 Å². The number of carbonyl (C=O) groups excluding carboxylic acids is 1. The normalized spacial score (nSPS) is 12.6. The topological polar surface area (TPSA) is 70.1 Å². The highest BCUT2D eigenvalue weighted by Crippen LogP contribution is 2.25. The van der Waals surface area contributed by atoms with Crippen molar-refractivity contribution in [3.8, 4) is 0 Å². The van der Waals surface area contributed by atoms with E-state index in [1.54, 1.807) is 29.7 Å². The second kappa shape index (κ2) is 4.25. The van der Waals surface area contributed by atoms with Gasteiger partial charge in [0, 0.05) is 5.02 Å². The number of nitrogen functional groups attached to an aromatic ring is 1. The Balaban J connectivity index is 2.61. The van der Waals surface area contributed by atoms with Crippen molar-refractivity contribution in [2.75, 3.05) is 12.8 Å². The van der Waals surface area contributed by atoms with Gasteiger partial charge in [-0.05, 0) is 25.1 Å². The lowest BCUT2D eigenvalue weighted by molar-refractivity contribution is -0.143. The average molecular weight is 254 g/mol.